The van der Waals surface area contributed by atoms with E-state index in [1.54, 1.807) is 19.1 Å². The predicted octanol–water partition coefficient (Wildman–Crippen LogP) is 4.67. The number of halogens is 1. The van der Waals surface area contributed by atoms with Crippen LogP contribution in [0, 0.1) is 6.92 Å². The maximum atomic E-state index is 11.3. The van der Waals surface area contributed by atoms with Crippen molar-refractivity contribution in [2.75, 3.05) is 5.73 Å². The third-order valence-corrected chi connectivity index (χ3v) is 3.54. The lowest BCUT2D eigenvalue weighted by Crippen LogP contribution is -1.98. The molecule has 2 N–H and O–H groups in total. The van der Waals surface area contributed by atoms with Gasteiger partial charge in [-0.05, 0) is 38.1 Å². The van der Waals surface area contributed by atoms with Gasteiger partial charge in [0.2, 0.25) is 0 Å². The number of carbonyl (C=O) groups excluding carboxylic acids is 1. The Morgan fingerprint density at radius 1 is 1.09 bits per heavy atom. The van der Waals surface area contributed by atoms with Gasteiger partial charge in [0.25, 0.3) is 0 Å². The molecule has 0 aliphatic carbocycles. The molecule has 2 aromatic carbocycles. The molecule has 0 fully saturated rings. The van der Waals surface area contributed by atoms with Crippen LogP contribution in [0.2, 0.25) is 5.02 Å². The molecule has 22 heavy (non-hydrogen) atoms. The lowest BCUT2D eigenvalue weighted by molar-refractivity contribution is 0.101. The number of carbonyl (C=O) groups is 1. The van der Waals surface area contributed by atoms with Crippen molar-refractivity contribution in [1.82, 2.24) is 4.98 Å². The number of fused-ring (bicyclic) bond motifs is 1. The molecule has 0 saturated heterocycles. The second kappa shape index (κ2) is 7.05. The third kappa shape index (κ3) is 3.83. The summed E-state index contributed by atoms with van der Waals surface area (Å²) in [6.07, 6.45) is 0. The number of ketones is 1. The summed E-state index contributed by atoms with van der Waals surface area (Å²) in [5, 5.41) is 1.64. The van der Waals surface area contributed by atoms with E-state index in [-0.39, 0.29) is 5.78 Å². The highest BCUT2D eigenvalue weighted by atomic mass is 35.5. The number of nitrogens with zero attached hydrogens (tertiary/aromatic N) is 1. The number of para-hydroxylation sites is 2. The van der Waals surface area contributed by atoms with Crippen molar-refractivity contribution < 1.29 is 4.79 Å². The van der Waals surface area contributed by atoms with Crippen LogP contribution in [0.5, 0.6) is 0 Å². The molecule has 0 saturated carbocycles. The van der Waals surface area contributed by atoms with E-state index >= 15 is 0 Å². The van der Waals surface area contributed by atoms with Crippen LogP contribution >= 0.6 is 11.6 Å². The van der Waals surface area contributed by atoms with Crippen molar-refractivity contribution in [2.45, 2.75) is 13.8 Å². The minimum absolute atomic E-state index is 0.0701. The second-order valence-electron chi connectivity index (χ2n) is 4.89. The van der Waals surface area contributed by atoms with Crippen LogP contribution in [0.4, 0.5) is 5.69 Å². The van der Waals surface area contributed by atoms with Crippen molar-refractivity contribution in [1.29, 1.82) is 0 Å². The fraction of sp³-hybridized carbons (Fsp3) is 0.111. The van der Waals surface area contributed by atoms with E-state index in [9.17, 15) is 4.79 Å². The summed E-state index contributed by atoms with van der Waals surface area (Å²) in [4.78, 5) is 15.6. The van der Waals surface area contributed by atoms with Gasteiger partial charge in [0, 0.05) is 16.6 Å². The van der Waals surface area contributed by atoms with Gasteiger partial charge < -0.3 is 5.73 Å². The number of hydrogen-bond donors (Lipinski definition) is 1. The molecule has 3 aromatic rings. The molecule has 112 valence electrons. The van der Waals surface area contributed by atoms with Crippen LogP contribution in [0.3, 0.4) is 0 Å². The Morgan fingerprint density at radius 2 is 1.73 bits per heavy atom. The van der Waals surface area contributed by atoms with E-state index in [0.717, 1.165) is 16.6 Å². The molecule has 0 radical (unpaired) electrons. The van der Waals surface area contributed by atoms with Crippen LogP contribution in [-0.4, -0.2) is 10.8 Å². The van der Waals surface area contributed by atoms with E-state index in [1.807, 2.05) is 49.4 Å². The summed E-state index contributed by atoms with van der Waals surface area (Å²) in [5.41, 5.74) is 8.47. The molecule has 0 aliphatic rings. The van der Waals surface area contributed by atoms with Crippen molar-refractivity contribution in [2.24, 2.45) is 0 Å². The number of rotatable bonds is 1. The zero-order chi connectivity index (χ0) is 16.1. The summed E-state index contributed by atoms with van der Waals surface area (Å²) in [6.45, 7) is 3.43. The highest BCUT2D eigenvalue weighted by Crippen LogP contribution is 2.16. The number of aryl methyl sites for hydroxylation is 1. The molecule has 1 aromatic heterocycles. The van der Waals surface area contributed by atoms with Gasteiger partial charge in [0.05, 0.1) is 16.2 Å². The quantitative estimate of drug-likeness (QED) is 0.525. The molecular formula is C18H17ClN2O. The van der Waals surface area contributed by atoms with Crippen molar-refractivity contribution in [3.05, 3.63) is 70.9 Å². The zero-order valence-corrected chi connectivity index (χ0v) is 13.3. The number of benzene rings is 2. The van der Waals surface area contributed by atoms with Gasteiger partial charge >= 0.3 is 0 Å². The number of aromatic nitrogens is 1. The van der Waals surface area contributed by atoms with Gasteiger partial charge in [-0.3, -0.25) is 9.78 Å². The first-order valence-corrected chi connectivity index (χ1v) is 7.24. The van der Waals surface area contributed by atoms with Gasteiger partial charge in [0.15, 0.2) is 5.78 Å². The van der Waals surface area contributed by atoms with E-state index < -0.39 is 0 Å². The number of pyridine rings is 1. The Bertz CT molecular complexity index is 794. The van der Waals surface area contributed by atoms with Crippen molar-refractivity contribution in [3.63, 3.8) is 0 Å². The van der Waals surface area contributed by atoms with Crippen LogP contribution in [0.25, 0.3) is 10.9 Å². The SMILES string of the molecule is CC(=O)c1cc2ccccc2nc1C.Nc1ccccc1Cl. The first-order valence-electron chi connectivity index (χ1n) is 6.86. The Kier molecular flexibility index (Phi) is 5.12. The molecule has 0 unspecified atom stereocenters. The highest BCUT2D eigenvalue weighted by Gasteiger charge is 2.06. The summed E-state index contributed by atoms with van der Waals surface area (Å²) in [5.74, 6) is 0.0701. The summed E-state index contributed by atoms with van der Waals surface area (Å²) in [7, 11) is 0. The van der Waals surface area contributed by atoms with Gasteiger partial charge in [-0.1, -0.05) is 41.9 Å². The number of anilines is 1. The summed E-state index contributed by atoms with van der Waals surface area (Å²) >= 11 is 5.58. The third-order valence-electron chi connectivity index (χ3n) is 3.20. The van der Waals surface area contributed by atoms with Crippen LogP contribution < -0.4 is 5.73 Å². The molecule has 3 rings (SSSR count). The number of nitrogen functional groups attached to an aromatic ring is 1. The molecule has 3 nitrogen and oxygen atoms in total. The highest BCUT2D eigenvalue weighted by molar-refractivity contribution is 6.33. The minimum atomic E-state index is 0.0701. The normalized spacial score (nSPS) is 9.95. The van der Waals surface area contributed by atoms with Crippen LogP contribution in [0.1, 0.15) is 23.0 Å². The average molecular weight is 313 g/mol. The van der Waals surface area contributed by atoms with Gasteiger partial charge in [-0.2, -0.15) is 0 Å². The maximum absolute atomic E-state index is 11.3. The van der Waals surface area contributed by atoms with Gasteiger partial charge in [-0.25, -0.2) is 0 Å². The lowest BCUT2D eigenvalue weighted by atomic mass is 10.1. The monoisotopic (exact) mass is 312 g/mol. The predicted molar refractivity (Wildman–Crippen MR) is 92.3 cm³/mol. The molecular weight excluding hydrogens is 296 g/mol. The lowest BCUT2D eigenvalue weighted by Gasteiger charge is -2.03. The molecule has 0 atom stereocenters. The fourth-order valence-corrected chi connectivity index (χ4v) is 2.18. The minimum Gasteiger partial charge on any atom is -0.398 e. The molecule has 0 aliphatic heterocycles. The Hall–Kier alpha value is -2.39. The molecule has 1 heterocycles. The zero-order valence-electron chi connectivity index (χ0n) is 12.5. The Labute approximate surface area is 134 Å². The Balaban J connectivity index is 0.000000188. The van der Waals surface area contributed by atoms with Crippen molar-refractivity contribution in [3.8, 4) is 0 Å². The van der Waals surface area contributed by atoms with Crippen LogP contribution in [0.15, 0.2) is 54.6 Å². The first-order chi connectivity index (χ1) is 10.5. The smallest absolute Gasteiger partial charge is 0.161 e. The average Bonchev–Trinajstić information content (AvgIpc) is 2.50. The molecule has 4 heteroatoms. The van der Waals surface area contributed by atoms with E-state index in [0.29, 0.717) is 16.3 Å². The first kappa shape index (κ1) is 16.0. The fourth-order valence-electron chi connectivity index (χ4n) is 2.04. The molecule has 0 spiro atoms. The standard InChI is InChI=1S/C12H11NO.C6H6ClN/c1-8-11(9(2)14)7-10-5-3-4-6-12(10)13-8;7-5-3-1-2-4-6(5)8/h3-7H,1-2H3;1-4H,8H2. The Morgan fingerprint density at radius 3 is 2.32 bits per heavy atom. The number of Topliss-reactive ketones (excluding diaryl/α,β-unsaturated/α-hetero) is 1. The molecule has 0 bridgehead atoms. The van der Waals surface area contributed by atoms with E-state index in [1.165, 1.54) is 0 Å². The largest absolute Gasteiger partial charge is 0.398 e. The van der Waals surface area contributed by atoms with E-state index in [4.69, 9.17) is 17.3 Å². The van der Waals surface area contributed by atoms with E-state index in [2.05, 4.69) is 4.98 Å². The maximum Gasteiger partial charge on any atom is 0.161 e. The number of nitrogens with two attached hydrogens (primary N) is 1. The number of hydrogen-bond acceptors (Lipinski definition) is 3. The van der Waals surface area contributed by atoms with Gasteiger partial charge in [0.1, 0.15) is 0 Å². The summed E-state index contributed by atoms with van der Waals surface area (Å²) < 4.78 is 0. The topological polar surface area (TPSA) is 56.0 Å². The van der Waals surface area contributed by atoms with Crippen molar-refractivity contribution >= 4 is 34.0 Å². The summed E-state index contributed by atoms with van der Waals surface area (Å²) in [6, 6.07) is 16.9. The van der Waals surface area contributed by atoms with Crippen LogP contribution in [-0.2, 0) is 0 Å². The van der Waals surface area contributed by atoms with Gasteiger partial charge in [-0.15, -0.1) is 0 Å². The molecule has 0 amide bonds. The second-order valence-corrected chi connectivity index (χ2v) is 5.30.